The molecule has 0 nitrogen and oxygen atoms in total. The van der Waals surface area contributed by atoms with Crippen LogP contribution < -0.4 is 5.19 Å². The zero-order chi connectivity index (χ0) is 20.3. The first-order chi connectivity index (χ1) is 14.2. The van der Waals surface area contributed by atoms with E-state index < -0.39 is 7.38 Å². The third-order valence-corrected chi connectivity index (χ3v) is 11.4. The van der Waals surface area contributed by atoms with Gasteiger partial charge in [0.15, 0.2) is 6.71 Å². The van der Waals surface area contributed by atoms with Gasteiger partial charge in [-0.25, -0.2) is 0 Å². The quantitative estimate of drug-likeness (QED) is 0.309. The van der Waals surface area contributed by atoms with Crippen LogP contribution in [0.25, 0.3) is 11.3 Å². The lowest BCUT2D eigenvalue weighted by atomic mass is 9.40. The van der Waals surface area contributed by atoms with Crippen molar-refractivity contribution in [2.75, 3.05) is 0 Å². The van der Waals surface area contributed by atoms with Crippen LogP contribution in [0.1, 0.15) is 25.0 Å². The smallest absolute Gasteiger partial charge is 0.149 e. The van der Waals surface area contributed by atoms with Crippen molar-refractivity contribution in [2.45, 2.75) is 26.5 Å². The fourth-order valence-electron chi connectivity index (χ4n) is 4.52. The zero-order valence-corrected chi connectivity index (χ0v) is 18.9. The van der Waals surface area contributed by atoms with Gasteiger partial charge in [-0.3, -0.25) is 0 Å². The Kier molecular flexibility index (Phi) is 5.94. The Balaban J connectivity index is 2.00. The summed E-state index contributed by atoms with van der Waals surface area (Å²) in [6.45, 7) is 5.12. The number of hydrogen-bond acceptors (Lipinski definition) is 0. The topological polar surface area (TPSA) is 0 Å². The molecule has 0 N–H and O–H groups in total. The van der Waals surface area contributed by atoms with E-state index in [9.17, 15) is 0 Å². The summed E-state index contributed by atoms with van der Waals surface area (Å²) in [5.74, 6) is 0. The molecule has 1 heterocycles. The first-order valence-corrected chi connectivity index (χ1v) is 13.5. The second kappa shape index (κ2) is 8.61. The van der Waals surface area contributed by atoms with Gasteiger partial charge in [0.25, 0.3) is 0 Å². The van der Waals surface area contributed by atoms with Crippen LogP contribution in [0.15, 0.2) is 102 Å². The second-order valence-electron chi connectivity index (χ2n) is 7.66. The van der Waals surface area contributed by atoms with Gasteiger partial charge >= 0.3 is 0 Å². The van der Waals surface area contributed by atoms with E-state index in [2.05, 4.69) is 111 Å². The predicted octanol–water partition coefficient (Wildman–Crippen LogP) is 6.78. The number of benzene rings is 3. The van der Waals surface area contributed by atoms with E-state index in [0.29, 0.717) is 6.71 Å². The third kappa shape index (κ3) is 3.56. The highest BCUT2D eigenvalue weighted by Crippen LogP contribution is 2.52. The summed E-state index contributed by atoms with van der Waals surface area (Å²) in [7, 11) is -2.50. The maximum absolute atomic E-state index is 7.71. The molecule has 3 aromatic carbocycles. The van der Waals surface area contributed by atoms with Crippen molar-refractivity contribution in [3.05, 3.63) is 113 Å². The average Bonchev–Trinajstić information content (AvgIpc) is 2.79. The Morgan fingerprint density at radius 3 is 1.83 bits per heavy atom. The summed E-state index contributed by atoms with van der Waals surface area (Å²) in [5.41, 5.74) is 3.99. The molecular weight excluding hydrogens is 387 g/mol. The fraction of sp³-hybridized carbons (Fsp3) is 0.154. The van der Waals surface area contributed by atoms with Crippen molar-refractivity contribution in [2.24, 2.45) is 0 Å². The molecule has 0 amide bonds. The van der Waals surface area contributed by atoms with E-state index in [-0.39, 0.29) is 0 Å². The SMILES string of the molecule is CCB(CC)C1=C(c2ccccc2)[Si](Cl)(c2ccccc2)/C1=C/c1ccccc1. The summed E-state index contributed by atoms with van der Waals surface area (Å²) in [4.78, 5) is 0. The Morgan fingerprint density at radius 2 is 1.28 bits per heavy atom. The molecular formula is C26H26BClSi. The van der Waals surface area contributed by atoms with E-state index in [1.54, 1.807) is 0 Å². The van der Waals surface area contributed by atoms with E-state index in [1.165, 1.54) is 32.2 Å². The molecule has 0 fully saturated rings. The minimum absolute atomic E-state index is 0.531. The molecule has 0 spiro atoms. The van der Waals surface area contributed by atoms with Crippen LogP contribution in [0, 0.1) is 0 Å². The van der Waals surface area contributed by atoms with Gasteiger partial charge in [0.2, 0.25) is 7.38 Å². The molecule has 3 heteroatoms. The maximum Gasteiger partial charge on any atom is 0.247 e. The Hall–Kier alpha value is -2.29. The summed E-state index contributed by atoms with van der Waals surface area (Å²) in [6, 6.07) is 32.1. The molecule has 0 aromatic heterocycles. The first kappa shape index (κ1) is 20.0. The molecule has 1 unspecified atom stereocenters. The van der Waals surface area contributed by atoms with Crippen LogP contribution in [0.5, 0.6) is 0 Å². The van der Waals surface area contributed by atoms with E-state index in [0.717, 1.165) is 12.6 Å². The predicted molar refractivity (Wildman–Crippen MR) is 132 cm³/mol. The normalized spacial score (nSPS) is 19.9. The highest BCUT2D eigenvalue weighted by atomic mass is 35.6. The molecule has 1 aliphatic rings. The van der Waals surface area contributed by atoms with Crippen molar-refractivity contribution < 1.29 is 0 Å². The van der Waals surface area contributed by atoms with Gasteiger partial charge in [-0.15, -0.1) is 11.1 Å². The molecule has 29 heavy (non-hydrogen) atoms. The Morgan fingerprint density at radius 1 is 0.759 bits per heavy atom. The molecule has 0 radical (unpaired) electrons. The lowest BCUT2D eigenvalue weighted by Gasteiger charge is -2.45. The van der Waals surface area contributed by atoms with Crippen LogP contribution in [-0.4, -0.2) is 14.1 Å². The minimum atomic E-state index is -2.50. The van der Waals surface area contributed by atoms with E-state index >= 15 is 0 Å². The standard InChI is InChI=1S/C26H26BClSi/c1-3-27(4-2)25-24(20-21-14-8-5-9-15-21)29(28,23-18-12-7-13-19-23)26(25)22-16-10-6-11-17-22/h5-20H,3-4H2,1-2H3/b24-20+. The zero-order valence-electron chi connectivity index (χ0n) is 17.1. The lowest BCUT2D eigenvalue weighted by Crippen LogP contribution is -2.56. The minimum Gasteiger partial charge on any atom is -0.149 e. The van der Waals surface area contributed by atoms with Crippen molar-refractivity contribution in [1.29, 1.82) is 0 Å². The van der Waals surface area contributed by atoms with Crippen molar-refractivity contribution >= 4 is 41.6 Å². The Bertz CT molecular complexity index is 1020. The van der Waals surface area contributed by atoms with Crippen LogP contribution in [0.3, 0.4) is 0 Å². The average molecular weight is 413 g/mol. The summed E-state index contributed by atoms with van der Waals surface area (Å²) in [5, 5.41) is 4.06. The van der Waals surface area contributed by atoms with Gasteiger partial charge in [-0.05, 0) is 26.7 Å². The van der Waals surface area contributed by atoms with Crippen LogP contribution in [-0.2, 0) is 0 Å². The fourth-order valence-corrected chi connectivity index (χ4v) is 9.67. The molecule has 3 aromatic rings. The summed E-state index contributed by atoms with van der Waals surface area (Å²) >= 11 is 7.71. The third-order valence-electron chi connectivity index (χ3n) is 6.01. The molecule has 0 aliphatic carbocycles. The van der Waals surface area contributed by atoms with Crippen LogP contribution in [0.2, 0.25) is 12.6 Å². The molecule has 0 bridgehead atoms. The van der Waals surface area contributed by atoms with Crippen LogP contribution >= 0.6 is 11.1 Å². The Labute approximate surface area is 180 Å². The largest absolute Gasteiger partial charge is 0.247 e. The summed E-state index contributed by atoms with van der Waals surface area (Å²) in [6.07, 6.45) is 4.61. The van der Waals surface area contributed by atoms with E-state index in [1.807, 2.05) is 0 Å². The molecule has 144 valence electrons. The van der Waals surface area contributed by atoms with Gasteiger partial charge in [-0.1, -0.05) is 129 Å². The molecule has 0 saturated heterocycles. The van der Waals surface area contributed by atoms with Crippen molar-refractivity contribution in [3.8, 4) is 0 Å². The van der Waals surface area contributed by atoms with Gasteiger partial charge in [0.1, 0.15) is 0 Å². The number of rotatable bonds is 6. The monoisotopic (exact) mass is 412 g/mol. The van der Waals surface area contributed by atoms with Gasteiger partial charge in [0, 0.05) is 0 Å². The maximum atomic E-state index is 7.71. The van der Waals surface area contributed by atoms with E-state index in [4.69, 9.17) is 11.1 Å². The summed E-state index contributed by atoms with van der Waals surface area (Å²) < 4.78 is 0. The second-order valence-corrected chi connectivity index (χ2v) is 12.3. The van der Waals surface area contributed by atoms with Crippen molar-refractivity contribution in [3.63, 3.8) is 0 Å². The first-order valence-electron chi connectivity index (χ1n) is 10.5. The van der Waals surface area contributed by atoms with Gasteiger partial charge < -0.3 is 0 Å². The lowest BCUT2D eigenvalue weighted by molar-refractivity contribution is 1.31. The van der Waals surface area contributed by atoms with Crippen molar-refractivity contribution in [1.82, 2.24) is 0 Å². The number of hydrogen-bond donors (Lipinski definition) is 0. The highest BCUT2D eigenvalue weighted by Gasteiger charge is 2.54. The molecule has 0 saturated carbocycles. The molecule has 1 atom stereocenters. The number of allylic oxidation sites excluding steroid dienone is 2. The molecule has 1 aliphatic heterocycles. The van der Waals surface area contributed by atoms with Crippen LogP contribution in [0.4, 0.5) is 0 Å². The molecule has 4 rings (SSSR count). The number of halogens is 1. The van der Waals surface area contributed by atoms with Gasteiger partial charge in [-0.2, -0.15) is 0 Å². The highest BCUT2D eigenvalue weighted by molar-refractivity contribution is 7.44. The van der Waals surface area contributed by atoms with Gasteiger partial charge in [0.05, 0.1) is 0 Å².